The van der Waals surface area contributed by atoms with E-state index >= 15 is 0 Å². The Morgan fingerprint density at radius 2 is 1.70 bits per heavy atom. The Balaban J connectivity index is 1.83. The van der Waals surface area contributed by atoms with Crippen LogP contribution in [0.2, 0.25) is 0 Å². The fourth-order valence-corrected chi connectivity index (χ4v) is 3.32. The Bertz CT molecular complexity index is 666. The van der Waals surface area contributed by atoms with Gasteiger partial charge in [0.25, 0.3) is 5.91 Å². The molecule has 3 rings (SSSR count). The number of hydrogen-bond donors (Lipinski definition) is 0. The van der Waals surface area contributed by atoms with Crippen LogP contribution in [0.25, 0.3) is 0 Å². The molecule has 0 fully saturated rings. The number of hydrogen-bond acceptors (Lipinski definition) is 2. The second kappa shape index (κ2) is 6.97. The van der Waals surface area contributed by atoms with Gasteiger partial charge < -0.3 is 9.80 Å². The maximum absolute atomic E-state index is 12.8. The fourth-order valence-electron chi connectivity index (χ4n) is 3.32. The molecule has 0 aliphatic carbocycles. The molecule has 23 heavy (non-hydrogen) atoms. The van der Waals surface area contributed by atoms with Gasteiger partial charge in [-0.1, -0.05) is 48.5 Å². The Hall–Kier alpha value is -2.13. The SMILES string of the molecule is CN(C)CCCN1C(=O)c2ccccc2C1Cc1ccccc1. The molecule has 0 aromatic heterocycles. The quantitative estimate of drug-likeness (QED) is 0.817. The summed E-state index contributed by atoms with van der Waals surface area (Å²) >= 11 is 0. The Morgan fingerprint density at radius 1 is 1.00 bits per heavy atom. The van der Waals surface area contributed by atoms with Crippen LogP contribution in [0, 0.1) is 0 Å². The van der Waals surface area contributed by atoms with Crippen molar-refractivity contribution in [2.75, 3.05) is 27.2 Å². The smallest absolute Gasteiger partial charge is 0.254 e. The molecule has 1 aliphatic rings. The van der Waals surface area contributed by atoms with Gasteiger partial charge in [-0.15, -0.1) is 0 Å². The van der Waals surface area contributed by atoms with Gasteiger partial charge in [-0.05, 0) is 50.7 Å². The lowest BCUT2D eigenvalue weighted by atomic mass is 9.98. The van der Waals surface area contributed by atoms with Crippen molar-refractivity contribution in [2.24, 2.45) is 0 Å². The minimum atomic E-state index is 0.156. The number of rotatable bonds is 6. The van der Waals surface area contributed by atoms with Gasteiger partial charge in [-0.3, -0.25) is 4.79 Å². The topological polar surface area (TPSA) is 23.6 Å². The lowest BCUT2D eigenvalue weighted by molar-refractivity contribution is 0.0718. The molecular weight excluding hydrogens is 284 g/mol. The van der Waals surface area contributed by atoms with E-state index in [-0.39, 0.29) is 11.9 Å². The van der Waals surface area contributed by atoms with E-state index in [9.17, 15) is 4.79 Å². The predicted octanol–water partition coefficient (Wildman–Crippen LogP) is 3.38. The van der Waals surface area contributed by atoms with Crippen LogP contribution in [0.3, 0.4) is 0 Å². The molecule has 3 heteroatoms. The van der Waals surface area contributed by atoms with Crippen LogP contribution >= 0.6 is 0 Å². The molecule has 1 heterocycles. The van der Waals surface area contributed by atoms with Gasteiger partial charge in [0.1, 0.15) is 0 Å². The zero-order valence-electron chi connectivity index (χ0n) is 13.9. The van der Waals surface area contributed by atoms with Gasteiger partial charge in [0.2, 0.25) is 0 Å². The van der Waals surface area contributed by atoms with E-state index in [2.05, 4.69) is 54.2 Å². The molecule has 0 saturated heterocycles. The lowest BCUT2D eigenvalue weighted by Crippen LogP contribution is -2.32. The Morgan fingerprint density at radius 3 is 2.43 bits per heavy atom. The number of nitrogens with zero attached hydrogens (tertiary/aromatic N) is 2. The van der Waals surface area contributed by atoms with E-state index in [1.54, 1.807) is 0 Å². The zero-order valence-corrected chi connectivity index (χ0v) is 13.9. The average Bonchev–Trinajstić information content (AvgIpc) is 2.82. The first kappa shape index (κ1) is 15.8. The van der Waals surface area contributed by atoms with Gasteiger partial charge in [-0.2, -0.15) is 0 Å². The number of carbonyl (C=O) groups excluding carboxylic acids is 1. The third-order valence-electron chi connectivity index (χ3n) is 4.46. The molecule has 0 radical (unpaired) electrons. The number of carbonyl (C=O) groups is 1. The predicted molar refractivity (Wildman–Crippen MR) is 93.5 cm³/mol. The average molecular weight is 308 g/mol. The van der Waals surface area contributed by atoms with Crippen molar-refractivity contribution in [1.82, 2.24) is 9.80 Å². The monoisotopic (exact) mass is 308 g/mol. The lowest BCUT2D eigenvalue weighted by Gasteiger charge is -2.26. The summed E-state index contributed by atoms with van der Waals surface area (Å²) in [5.74, 6) is 0.181. The van der Waals surface area contributed by atoms with E-state index in [1.165, 1.54) is 11.1 Å². The van der Waals surface area contributed by atoms with Crippen LogP contribution in [-0.4, -0.2) is 42.9 Å². The summed E-state index contributed by atoms with van der Waals surface area (Å²) in [7, 11) is 4.14. The van der Waals surface area contributed by atoms with Crippen LogP contribution in [-0.2, 0) is 6.42 Å². The maximum atomic E-state index is 12.8. The van der Waals surface area contributed by atoms with Crippen molar-refractivity contribution in [1.29, 1.82) is 0 Å². The summed E-state index contributed by atoms with van der Waals surface area (Å²) in [5.41, 5.74) is 3.32. The molecule has 120 valence electrons. The highest BCUT2D eigenvalue weighted by Gasteiger charge is 2.35. The van der Waals surface area contributed by atoms with Crippen LogP contribution in [0.1, 0.15) is 33.9 Å². The molecule has 0 saturated carbocycles. The first-order valence-electron chi connectivity index (χ1n) is 8.25. The number of amides is 1. The van der Waals surface area contributed by atoms with E-state index in [0.29, 0.717) is 0 Å². The minimum Gasteiger partial charge on any atom is -0.331 e. The summed E-state index contributed by atoms with van der Waals surface area (Å²) in [6.07, 6.45) is 1.88. The molecule has 1 atom stereocenters. The maximum Gasteiger partial charge on any atom is 0.254 e. The highest BCUT2D eigenvalue weighted by molar-refractivity contribution is 5.99. The molecule has 2 aromatic rings. The fraction of sp³-hybridized carbons (Fsp3) is 0.350. The second-order valence-corrected chi connectivity index (χ2v) is 6.45. The van der Waals surface area contributed by atoms with Gasteiger partial charge in [0.15, 0.2) is 0 Å². The Labute approximate surface area is 138 Å². The van der Waals surface area contributed by atoms with E-state index in [4.69, 9.17) is 0 Å². The summed E-state index contributed by atoms with van der Waals surface area (Å²) in [4.78, 5) is 17.0. The molecule has 1 unspecified atom stereocenters. The van der Waals surface area contributed by atoms with E-state index in [0.717, 1.165) is 31.5 Å². The largest absolute Gasteiger partial charge is 0.331 e. The summed E-state index contributed by atoms with van der Waals surface area (Å²) in [6, 6.07) is 18.7. The molecule has 1 amide bonds. The highest BCUT2D eigenvalue weighted by Crippen LogP contribution is 2.35. The van der Waals surface area contributed by atoms with Crippen molar-refractivity contribution in [3.05, 3.63) is 71.3 Å². The minimum absolute atomic E-state index is 0.156. The van der Waals surface area contributed by atoms with Gasteiger partial charge in [-0.25, -0.2) is 0 Å². The molecule has 2 aromatic carbocycles. The molecule has 0 N–H and O–H groups in total. The first-order valence-corrected chi connectivity index (χ1v) is 8.25. The Kier molecular flexibility index (Phi) is 4.77. The molecule has 0 spiro atoms. The van der Waals surface area contributed by atoms with Crippen LogP contribution in [0.15, 0.2) is 54.6 Å². The second-order valence-electron chi connectivity index (χ2n) is 6.45. The molecule has 1 aliphatic heterocycles. The van der Waals surface area contributed by atoms with Crippen molar-refractivity contribution in [3.8, 4) is 0 Å². The third-order valence-corrected chi connectivity index (χ3v) is 4.46. The van der Waals surface area contributed by atoms with E-state index < -0.39 is 0 Å². The summed E-state index contributed by atoms with van der Waals surface area (Å²) < 4.78 is 0. The van der Waals surface area contributed by atoms with Gasteiger partial charge >= 0.3 is 0 Å². The van der Waals surface area contributed by atoms with E-state index in [1.807, 2.05) is 24.3 Å². The van der Waals surface area contributed by atoms with Gasteiger partial charge in [0, 0.05) is 12.1 Å². The van der Waals surface area contributed by atoms with Crippen LogP contribution < -0.4 is 0 Å². The van der Waals surface area contributed by atoms with Crippen molar-refractivity contribution in [2.45, 2.75) is 18.9 Å². The van der Waals surface area contributed by atoms with Crippen molar-refractivity contribution >= 4 is 5.91 Å². The summed E-state index contributed by atoms with van der Waals surface area (Å²) in [6.45, 7) is 1.81. The summed E-state index contributed by atoms with van der Waals surface area (Å²) in [5, 5.41) is 0. The standard InChI is InChI=1S/C20H24N2O/c1-21(2)13-8-14-22-19(15-16-9-4-3-5-10-16)17-11-6-7-12-18(17)20(22)23/h3-7,9-12,19H,8,13-15H2,1-2H3. The number of fused-ring (bicyclic) bond motifs is 1. The molecule has 0 bridgehead atoms. The number of benzene rings is 2. The third kappa shape index (κ3) is 3.45. The normalized spacial score (nSPS) is 16.9. The van der Waals surface area contributed by atoms with Gasteiger partial charge in [0.05, 0.1) is 6.04 Å². The first-order chi connectivity index (χ1) is 11.2. The molecule has 3 nitrogen and oxygen atoms in total. The zero-order chi connectivity index (χ0) is 16.2. The van der Waals surface area contributed by atoms with Crippen molar-refractivity contribution in [3.63, 3.8) is 0 Å². The molecular formula is C20H24N2O. The van der Waals surface area contributed by atoms with Crippen LogP contribution in [0.5, 0.6) is 0 Å². The highest BCUT2D eigenvalue weighted by atomic mass is 16.2. The van der Waals surface area contributed by atoms with Crippen molar-refractivity contribution < 1.29 is 4.79 Å². The van der Waals surface area contributed by atoms with Crippen LogP contribution in [0.4, 0.5) is 0 Å².